The molecule has 0 spiro atoms. The maximum absolute atomic E-state index is 12.9. The van der Waals surface area contributed by atoms with Gasteiger partial charge in [0.05, 0.1) is 21.2 Å². The lowest BCUT2D eigenvalue weighted by Crippen LogP contribution is -2.33. The predicted octanol–water partition coefficient (Wildman–Crippen LogP) is 4.46. The number of nitrogens with zero attached hydrogens (tertiary/aromatic N) is 1. The molecule has 172 valence electrons. The van der Waals surface area contributed by atoms with Crippen LogP contribution in [0.1, 0.15) is 30.9 Å². The van der Waals surface area contributed by atoms with Gasteiger partial charge in [0, 0.05) is 31.3 Å². The fourth-order valence-corrected chi connectivity index (χ4v) is 4.99. The molecule has 2 aromatic carbocycles. The third kappa shape index (κ3) is 5.42. The van der Waals surface area contributed by atoms with Gasteiger partial charge in [-0.05, 0) is 54.8 Å². The monoisotopic (exact) mass is 488 g/mol. The second-order valence-corrected chi connectivity index (χ2v) is 9.89. The number of aryl methyl sites for hydroxylation is 1. The Morgan fingerprint density at radius 2 is 1.88 bits per heavy atom. The van der Waals surface area contributed by atoms with Crippen LogP contribution >= 0.6 is 11.6 Å². The number of alkyl halides is 3. The van der Waals surface area contributed by atoms with Gasteiger partial charge in [-0.2, -0.15) is 13.2 Å². The van der Waals surface area contributed by atoms with Crippen LogP contribution in [-0.2, 0) is 32.0 Å². The number of nitrogens with one attached hydrogen (secondary N) is 1. The van der Waals surface area contributed by atoms with Gasteiger partial charge in [0.15, 0.2) is 9.84 Å². The zero-order valence-corrected chi connectivity index (χ0v) is 18.6. The summed E-state index contributed by atoms with van der Waals surface area (Å²) in [6, 6.07) is 7.38. The summed E-state index contributed by atoms with van der Waals surface area (Å²) in [6.45, 7) is 2.01. The van der Waals surface area contributed by atoms with Gasteiger partial charge in [-0.1, -0.05) is 11.6 Å². The van der Waals surface area contributed by atoms with E-state index in [1.807, 2.05) is 0 Å². The van der Waals surface area contributed by atoms with Crippen LogP contribution < -0.4 is 10.2 Å². The van der Waals surface area contributed by atoms with Crippen LogP contribution in [0.25, 0.3) is 0 Å². The van der Waals surface area contributed by atoms with Crippen molar-refractivity contribution in [1.82, 2.24) is 0 Å². The Morgan fingerprint density at radius 1 is 1.16 bits per heavy atom. The van der Waals surface area contributed by atoms with Gasteiger partial charge in [0.1, 0.15) is 0 Å². The first-order valence-corrected chi connectivity index (χ1v) is 11.7. The molecule has 3 rings (SSSR count). The molecule has 1 aliphatic heterocycles. The largest absolute Gasteiger partial charge is 0.417 e. The van der Waals surface area contributed by atoms with Crippen molar-refractivity contribution in [2.24, 2.45) is 0 Å². The summed E-state index contributed by atoms with van der Waals surface area (Å²) in [5.74, 6) is -1.40. The van der Waals surface area contributed by atoms with E-state index in [-0.39, 0.29) is 16.5 Å². The lowest BCUT2D eigenvalue weighted by atomic mass is 10.0. The van der Waals surface area contributed by atoms with Crippen molar-refractivity contribution in [3.8, 4) is 0 Å². The molecule has 0 radical (unpaired) electrons. The van der Waals surface area contributed by atoms with Crippen molar-refractivity contribution in [3.63, 3.8) is 0 Å². The molecule has 0 saturated heterocycles. The van der Waals surface area contributed by atoms with E-state index in [1.165, 1.54) is 25.1 Å². The predicted molar refractivity (Wildman–Crippen MR) is 115 cm³/mol. The van der Waals surface area contributed by atoms with Gasteiger partial charge in [-0.25, -0.2) is 8.42 Å². The van der Waals surface area contributed by atoms with Crippen molar-refractivity contribution in [3.05, 3.63) is 52.5 Å². The molecule has 32 heavy (non-hydrogen) atoms. The van der Waals surface area contributed by atoms with Crippen molar-refractivity contribution >= 4 is 44.6 Å². The Labute approximate surface area is 188 Å². The Hall–Kier alpha value is -2.59. The number of benzene rings is 2. The molecule has 1 heterocycles. The number of carbonyl (C=O) groups is 2. The van der Waals surface area contributed by atoms with E-state index in [1.54, 1.807) is 11.0 Å². The quantitative estimate of drug-likeness (QED) is 0.673. The molecular formula is C21H20ClF3N2O4S. The highest BCUT2D eigenvalue weighted by atomic mass is 35.5. The van der Waals surface area contributed by atoms with E-state index in [4.69, 9.17) is 11.6 Å². The highest BCUT2D eigenvalue weighted by Gasteiger charge is 2.33. The lowest BCUT2D eigenvalue weighted by Gasteiger charge is -2.28. The first kappa shape index (κ1) is 24.1. The van der Waals surface area contributed by atoms with Gasteiger partial charge in [-0.15, -0.1) is 0 Å². The van der Waals surface area contributed by atoms with Crippen molar-refractivity contribution in [1.29, 1.82) is 0 Å². The van der Waals surface area contributed by atoms with E-state index >= 15 is 0 Å². The molecule has 0 fully saturated rings. The number of carbonyl (C=O) groups excluding carboxylic acids is 2. The summed E-state index contributed by atoms with van der Waals surface area (Å²) in [4.78, 5) is 25.5. The van der Waals surface area contributed by atoms with Gasteiger partial charge < -0.3 is 10.2 Å². The van der Waals surface area contributed by atoms with E-state index in [0.717, 1.165) is 11.6 Å². The normalized spacial score (nSPS) is 14.1. The highest BCUT2D eigenvalue weighted by molar-refractivity contribution is 7.91. The number of sulfone groups is 1. The number of halogens is 4. The van der Waals surface area contributed by atoms with Crippen molar-refractivity contribution < 1.29 is 31.2 Å². The van der Waals surface area contributed by atoms with Gasteiger partial charge >= 0.3 is 6.18 Å². The number of anilines is 2. The van der Waals surface area contributed by atoms with Crippen LogP contribution in [0.4, 0.5) is 24.5 Å². The topological polar surface area (TPSA) is 83.6 Å². The van der Waals surface area contributed by atoms with Crippen LogP contribution in [0.15, 0.2) is 41.3 Å². The third-order valence-corrected chi connectivity index (χ3v) is 7.11. The number of amides is 2. The summed E-state index contributed by atoms with van der Waals surface area (Å²) in [5.41, 5.74) is 0.168. The second kappa shape index (κ2) is 9.11. The van der Waals surface area contributed by atoms with E-state index in [2.05, 4.69) is 5.32 Å². The van der Waals surface area contributed by atoms with Gasteiger partial charge in [0.2, 0.25) is 11.8 Å². The molecule has 1 N–H and O–H groups in total. The Morgan fingerprint density at radius 3 is 2.53 bits per heavy atom. The van der Waals surface area contributed by atoms with Gasteiger partial charge in [0.25, 0.3) is 0 Å². The zero-order chi connectivity index (χ0) is 23.7. The summed E-state index contributed by atoms with van der Waals surface area (Å²) in [6.07, 6.45) is -3.80. The number of fused-ring (bicyclic) bond motifs is 1. The van der Waals surface area contributed by atoms with Crippen LogP contribution in [-0.4, -0.2) is 32.5 Å². The van der Waals surface area contributed by atoms with Crippen molar-refractivity contribution in [2.75, 3.05) is 22.5 Å². The number of hydrogen-bond acceptors (Lipinski definition) is 4. The van der Waals surface area contributed by atoms with Crippen LogP contribution in [0.2, 0.25) is 5.02 Å². The van der Waals surface area contributed by atoms with Crippen LogP contribution in [0.3, 0.4) is 0 Å². The standard InChI is InChI=1S/C21H20ClF3N2O4S/c1-13(28)27-9-2-3-14-11-16(5-7-19(14)27)32(30,31)10-8-20(29)26-15-4-6-18(22)17(12-15)21(23,24)25/h4-7,11-12H,2-3,8-10H2,1H3,(H,26,29). The smallest absolute Gasteiger partial charge is 0.326 e. The van der Waals surface area contributed by atoms with E-state index in [0.29, 0.717) is 31.1 Å². The molecular weight excluding hydrogens is 469 g/mol. The van der Waals surface area contributed by atoms with E-state index in [9.17, 15) is 31.2 Å². The van der Waals surface area contributed by atoms with Crippen molar-refractivity contribution in [2.45, 2.75) is 37.3 Å². The second-order valence-electron chi connectivity index (χ2n) is 7.37. The minimum atomic E-state index is -4.69. The summed E-state index contributed by atoms with van der Waals surface area (Å²) in [5, 5.41) is 1.76. The molecule has 6 nitrogen and oxygen atoms in total. The first-order valence-electron chi connectivity index (χ1n) is 9.69. The highest BCUT2D eigenvalue weighted by Crippen LogP contribution is 2.36. The summed E-state index contributed by atoms with van der Waals surface area (Å²) < 4.78 is 64.2. The molecule has 0 unspecified atom stereocenters. The molecule has 0 bridgehead atoms. The molecule has 2 amide bonds. The Kier molecular flexibility index (Phi) is 6.85. The average Bonchev–Trinajstić information content (AvgIpc) is 2.72. The molecule has 11 heteroatoms. The number of hydrogen-bond donors (Lipinski definition) is 1. The third-order valence-electron chi connectivity index (χ3n) is 5.06. The number of rotatable bonds is 5. The molecule has 0 aromatic heterocycles. The maximum Gasteiger partial charge on any atom is 0.417 e. The maximum atomic E-state index is 12.9. The fourth-order valence-electron chi connectivity index (χ4n) is 3.48. The molecule has 0 aliphatic carbocycles. The molecule has 0 atom stereocenters. The molecule has 0 saturated carbocycles. The van der Waals surface area contributed by atoms with Gasteiger partial charge in [-0.3, -0.25) is 9.59 Å². The minimum Gasteiger partial charge on any atom is -0.326 e. The minimum absolute atomic E-state index is 0.0281. The Bertz CT molecular complexity index is 1170. The SMILES string of the molecule is CC(=O)N1CCCc2cc(S(=O)(=O)CCC(=O)Nc3ccc(Cl)c(C(F)(F)F)c3)ccc21. The zero-order valence-electron chi connectivity index (χ0n) is 17.0. The summed E-state index contributed by atoms with van der Waals surface area (Å²) >= 11 is 5.55. The van der Waals surface area contributed by atoms with E-state index < -0.39 is 44.7 Å². The lowest BCUT2D eigenvalue weighted by molar-refractivity contribution is -0.137. The molecule has 2 aromatic rings. The average molecular weight is 489 g/mol. The Balaban J connectivity index is 1.69. The summed E-state index contributed by atoms with van der Waals surface area (Å²) in [7, 11) is -3.82. The first-order chi connectivity index (χ1) is 14.9. The van der Waals surface area contributed by atoms with Crippen LogP contribution in [0.5, 0.6) is 0 Å². The molecule has 1 aliphatic rings. The fraction of sp³-hybridized carbons (Fsp3) is 0.333. The van der Waals surface area contributed by atoms with Crippen LogP contribution in [0, 0.1) is 0 Å².